The van der Waals surface area contributed by atoms with Gasteiger partial charge in [-0.05, 0) is 31.4 Å². The van der Waals surface area contributed by atoms with Crippen LogP contribution >= 0.6 is 23.2 Å². The van der Waals surface area contributed by atoms with Gasteiger partial charge in [0.05, 0.1) is 21.5 Å². The Labute approximate surface area is 156 Å². The van der Waals surface area contributed by atoms with Gasteiger partial charge in [-0.1, -0.05) is 36.2 Å². The summed E-state index contributed by atoms with van der Waals surface area (Å²) in [4.78, 5) is 37.6. The third-order valence-corrected chi connectivity index (χ3v) is 5.27. The molecule has 1 fully saturated rings. The van der Waals surface area contributed by atoms with Gasteiger partial charge in [-0.3, -0.25) is 14.4 Å². The molecule has 3 unspecified atom stereocenters. The number of carbonyl (C=O) groups is 3. The van der Waals surface area contributed by atoms with Gasteiger partial charge in [0.25, 0.3) is 5.91 Å². The van der Waals surface area contributed by atoms with Gasteiger partial charge in [0.1, 0.15) is 6.04 Å². The highest BCUT2D eigenvalue weighted by atomic mass is 35.5. The molecule has 6 nitrogen and oxygen atoms in total. The fraction of sp³-hybridized carbons (Fsp3) is 0.471. The van der Waals surface area contributed by atoms with Crippen molar-refractivity contribution in [1.29, 1.82) is 0 Å². The molecule has 2 amide bonds. The van der Waals surface area contributed by atoms with Gasteiger partial charge >= 0.3 is 5.97 Å². The molecule has 0 aromatic heterocycles. The largest absolute Gasteiger partial charge is 0.481 e. The number of carbonyl (C=O) groups excluding carboxylic acids is 2. The first-order valence-corrected chi connectivity index (χ1v) is 8.74. The second-order valence-corrected chi connectivity index (χ2v) is 7.08. The number of hydrogen-bond donors (Lipinski definition) is 2. The Balaban J connectivity index is 2.00. The van der Waals surface area contributed by atoms with E-state index in [2.05, 4.69) is 5.32 Å². The molecule has 0 radical (unpaired) electrons. The summed E-state index contributed by atoms with van der Waals surface area (Å²) in [6, 6.07) is 3.95. The summed E-state index contributed by atoms with van der Waals surface area (Å²) in [5.41, 5.74) is 0.201. The number of carboxylic acids is 1. The summed E-state index contributed by atoms with van der Waals surface area (Å²) in [5, 5.41) is 12.2. The van der Waals surface area contributed by atoms with Crippen LogP contribution in [-0.2, 0) is 9.59 Å². The van der Waals surface area contributed by atoms with E-state index in [0.717, 1.165) is 0 Å². The van der Waals surface area contributed by atoms with E-state index < -0.39 is 23.8 Å². The number of halogens is 2. The van der Waals surface area contributed by atoms with E-state index in [1.54, 1.807) is 24.0 Å². The Morgan fingerprint density at radius 3 is 2.60 bits per heavy atom. The van der Waals surface area contributed by atoms with Gasteiger partial charge in [0.15, 0.2) is 0 Å². The second kappa shape index (κ2) is 8.06. The Bertz CT molecular complexity index is 695. The Morgan fingerprint density at radius 2 is 2.00 bits per heavy atom. The number of nitrogens with zero attached hydrogens (tertiary/aromatic N) is 1. The maximum absolute atomic E-state index is 12.5. The predicted molar refractivity (Wildman–Crippen MR) is 94.9 cm³/mol. The van der Waals surface area contributed by atoms with Crippen molar-refractivity contribution in [2.75, 3.05) is 13.1 Å². The zero-order chi connectivity index (χ0) is 18.7. The van der Waals surface area contributed by atoms with Gasteiger partial charge in [0, 0.05) is 13.1 Å². The van der Waals surface area contributed by atoms with Gasteiger partial charge in [-0.25, -0.2) is 0 Å². The Morgan fingerprint density at radius 1 is 1.32 bits per heavy atom. The van der Waals surface area contributed by atoms with E-state index in [0.29, 0.717) is 19.5 Å². The zero-order valence-corrected chi connectivity index (χ0v) is 15.5. The first-order chi connectivity index (χ1) is 11.7. The van der Waals surface area contributed by atoms with Crippen molar-refractivity contribution in [1.82, 2.24) is 10.2 Å². The lowest BCUT2D eigenvalue weighted by Gasteiger charge is -2.36. The molecule has 1 aliphatic heterocycles. The summed E-state index contributed by atoms with van der Waals surface area (Å²) < 4.78 is 0. The standard InChI is InChI=1S/C17H20Cl2N2O4/c1-9-8-21(7-6-11(9)17(24)25)16(23)10(2)20-15(22)12-4-3-5-13(18)14(12)19/h3-5,9-11H,6-8H2,1-2H3,(H,20,22)(H,24,25). The van der Waals surface area contributed by atoms with E-state index in [-0.39, 0.29) is 27.4 Å². The third kappa shape index (κ3) is 4.44. The SMILES string of the molecule is CC(NC(=O)c1cccc(Cl)c1Cl)C(=O)N1CCC(C(=O)O)C(C)C1. The lowest BCUT2D eigenvalue weighted by Crippen LogP contribution is -2.52. The summed E-state index contributed by atoms with van der Waals surface area (Å²) in [6.45, 7) is 4.12. The van der Waals surface area contributed by atoms with Crippen LogP contribution in [0.1, 0.15) is 30.6 Å². The number of benzene rings is 1. The van der Waals surface area contributed by atoms with Crippen LogP contribution in [0.15, 0.2) is 18.2 Å². The Hall–Kier alpha value is -1.79. The molecule has 1 heterocycles. The molecule has 1 aromatic rings. The number of likely N-dealkylation sites (tertiary alicyclic amines) is 1. The molecule has 1 saturated heterocycles. The molecule has 0 bridgehead atoms. The van der Waals surface area contributed by atoms with Crippen LogP contribution in [0, 0.1) is 11.8 Å². The number of piperidine rings is 1. The number of nitrogens with one attached hydrogen (secondary N) is 1. The first-order valence-electron chi connectivity index (χ1n) is 7.98. The monoisotopic (exact) mass is 386 g/mol. The smallest absolute Gasteiger partial charge is 0.306 e. The summed E-state index contributed by atoms with van der Waals surface area (Å²) in [6.07, 6.45) is 0.406. The number of hydrogen-bond acceptors (Lipinski definition) is 3. The normalized spacial score (nSPS) is 21.5. The van der Waals surface area contributed by atoms with Crippen LogP contribution in [0.3, 0.4) is 0 Å². The summed E-state index contributed by atoms with van der Waals surface area (Å²) in [7, 11) is 0. The molecule has 25 heavy (non-hydrogen) atoms. The van der Waals surface area contributed by atoms with E-state index in [4.69, 9.17) is 28.3 Å². The molecule has 1 aliphatic rings. The summed E-state index contributed by atoms with van der Waals surface area (Å²) in [5.74, 6) is -2.15. The number of carboxylic acid groups (broad SMARTS) is 1. The minimum atomic E-state index is -0.837. The van der Waals surface area contributed by atoms with E-state index in [1.165, 1.54) is 6.07 Å². The third-order valence-electron chi connectivity index (χ3n) is 4.45. The van der Waals surface area contributed by atoms with Crippen molar-refractivity contribution in [3.05, 3.63) is 33.8 Å². The maximum Gasteiger partial charge on any atom is 0.306 e. The average molecular weight is 387 g/mol. The van der Waals surface area contributed by atoms with Crippen molar-refractivity contribution in [2.45, 2.75) is 26.3 Å². The van der Waals surface area contributed by atoms with Gasteiger partial charge < -0.3 is 15.3 Å². The topological polar surface area (TPSA) is 86.7 Å². The van der Waals surface area contributed by atoms with Crippen molar-refractivity contribution in [2.24, 2.45) is 11.8 Å². The number of rotatable bonds is 4. The van der Waals surface area contributed by atoms with Crippen molar-refractivity contribution in [3.63, 3.8) is 0 Å². The van der Waals surface area contributed by atoms with E-state index in [1.807, 2.05) is 6.92 Å². The van der Waals surface area contributed by atoms with Crippen LogP contribution in [0.2, 0.25) is 10.0 Å². The maximum atomic E-state index is 12.5. The van der Waals surface area contributed by atoms with Crippen molar-refractivity contribution >= 4 is 41.0 Å². The highest BCUT2D eigenvalue weighted by molar-refractivity contribution is 6.43. The lowest BCUT2D eigenvalue weighted by atomic mass is 9.87. The molecule has 8 heteroatoms. The van der Waals surface area contributed by atoms with Crippen LogP contribution < -0.4 is 5.32 Å². The molecule has 2 N–H and O–H groups in total. The van der Waals surface area contributed by atoms with E-state index >= 15 is 0 Å². The van der Waals surface area contributed by atoms with Crippen LogP contribution in [0.5, 0.6) is 0 Å². The van der Waals surface area contributed by atoms with Crippen molar-refractivity contribution < 1.29 is 19.5 Å². The number of amides is 2. The van der Waals surface area contributed by atoms with Crippen LogP contribution in [-0.4, -0.2) is 46.9 Å². The van der Waals surface area contributed by atoms with E-state index in [9.17, 15) is 14.4 Å². The predicted octanol–water partition coefficient (Wildman–Crippen LogP) is 2.68. The second-order valence-electron chi connectivity index (χ2n) is 6.29. The van der Waals surface area contributed by atoms with Gasteiger partial charge in [-0.15, -0.1) is 0 Å². The molecule has 0 spiro atoms. The van der Waals surface area contributed by atoms with Gasteiger partial charge in [-0.2, -0.15) is 0 Å². The molecule has 0 saturated carbocycles. The first kappa shape index (κ1) is 19.5. The van der Waals surface area contributed by atoms with Crippen LogP contribution in [0.4, 0.5) is 0 Å². The molecular weight excluding hydrogens is 367 g/mol. The average Bonchev–Trinajstić information content (AvgIpc) is 2.55. The molecular formula is C17H20Cl2N2O4. The highest BCUT2D eigenvalue weighted by Crippen LogP contribution is 2.26. The highest BCUT2D eigenvalue weighted by Gasteiger charge is 2.34. The Kier molecular flexibility index (Phi) is 6.30. The molecule has 2 rings (SSSR count). The van der Waals surface area contributed by atoms with Crippen molar-refractivity contribution in [3.8, 4) is 0 Å². The quantitative estimate of drug-likeness (QED) is 0.832. The molecule has 136 valence electrons. The summed E-state index contributed by atoms with van der Waals surface area (Å²) >= 11 is 11.9. The minimum absolute atomic E-state index is 0.136. The fourth-order valence-corrected chi connectivity index (χ4v) is 3.39. The number of aliphatic carboxylic acids is 1. The molecule has 0 aliphatic carbocycles. The fourth-order valence-electron chi connectivity index (χ4n) is 3.00. The molecule has 1 aromatic carbocycles. The molecule has 3 atom stereocenters. The van der Waals surface area contributed by atoms with Crippen LogP contribution in [0.25, 0.3) is 0 Å². The zero-order valence-electron chi connectivity index (χ0n) is 14.0. The van der Waals surface area contributed by atoms with Gasteiger partial charge in [0.2, 0.25) is 5.91 Å². The lowest BCUT2D eigenvalue weighted by molar-refractivity contribution is -0.148. The minimum Gasteiger partial charge on any atom is -0.481 e.